The highest BCUT2D eigenvalue weighted by atomic mass is 15.3. The maximum absolute atomic E-state index is 4.29. The highest BCUT2D eigenvalue weighted by Crippen LogP contribution is 2.09. The number of nitrogens with zero attached hydrogens (tertiary/aromatic N) is 3. The van der Waals surface area contributed by atoms with Gasteiger partial charge in [0.2, 0.25) is 0 Å². The maximum atomic E-state index is 4.29. The molecule has 3 nitrogen and oxygen atoms in total. The van der Waals surface area contributed by atoms with Crippen molar-refractivity contribution in [3.8, 4) is 5.82 Å². The highest BCUT2D eigenvalue weighted by Gasteiger charge is 2.02. The van der Waals surface area contributed by atoms with E-state index in [9.17, 15) is 0 Å². The fourth-order valence-electron chi connectivity index (χ4n) is 1.31. The van der Waals surface area contributed by atoms with E-state index in [2.05, 4.69) is 23.1 Å². The molecular formula is C10H11N3. The first-order chi connectivity index (χ1) is 6.42. The molecule has 0 spiro atoms. The average molecular weight is 173 g/mol. The van der Waals surface area contributed by atoms with Crippen LogP contribution in [0.15, 0.2) is 36.8 Å². The van der Waals surface area contributed by atoms with E-state index in [4.69, 9.17) is 0 Å². The molecule has 66 valence electrons. The minimum absolute atomic E-state index is 0.926. The van der Waals surface area contributed by atoms with E-state index in [0.717, 1.165) is 12.2 Å². The summed E-state index contributed by atoms with van der Waals surface area (Å²) in [5.41, 5.74) is 1.21. The SMILES string of the molecule is CCc1cccnc1-n1cccn1. The molecule has 2 heterocycles. The van der Waals surface area contributed by atoms with E-state index in [-0.39, 0.29) is 0 Å². The van der Waals surface area contributed by atoms with Crippen molar-refractivity contribution < 1.29 is 0 Å². The normalized spacial score (nSPS) is 10.2. The molecule has 0 atom stereocenters. The second kappa shape index (κ2) is 3.39. The Morgan fingerprint density at radius 1 is 1.31 bits per heavy atom. The fourth-order valence-corrected chi connectivity index (χ4v) is 1.31. The molecule has 0 amide bonds. The third-order valence-electron chi connectivity index (χ3n) is 1.97. The van der Waals surface area contributed by atoms with Gasteiger partial charge in [-0.3, -0.25) is 0 Å². The third-order valence-corrected chi connectivity index (χ3v) is 1.97. The number of aromatic nitrogens is 3. The molecule has 0 aliphatic rings. The van der Waals surface area contributed by atoms with Gasteiger partial charge in [0.05, 0.1) is 0 Å². The van der Waals surface area contributed by atoms with E-state index >= 15 is 0 Å². The van der Waals surface area contributed by atoms with Crippen LogP contribution in [0.2, 0.25) is 0 Å². The van der Waals surface area contributed by atoms with Gasteiger partial charge in [0.1, 0.15) is 0 Å². The number of hydrogen-bond acceptors (Lipinski definition) is 2. The first-order valence-corrected chi connectivity index (χ1v) is 4.35. The lowest BCUT2D eigenvalue weighted by Gasteiger charge is -2.04. The van der Waals surface area contributed by atoms with E-state index < -0.39 is 0 Å². The van der Waals surface area contributed by atoms with Crippen LogP contribution in [0.5, 0.6) is 0 Å². The van der Waals surface area contributed by atoms with E-state index in [1.165, 1.54) is 5.56 Å². The van der Waals surface area contributed by atoms with Gasteiger partial charge in [-0.25, -0.2) is 9.67 Å². The zero-order valence-electron chi connectivity index (χ0n) is 7.51. The summed E-state index contributed by atoms with van der Waals surface area (Å²) in [5, 5.41) is 4.15. The molecular weight excluding hydrogens is 162 g/mol. The van der Waals surface area contributed by atoms with Crippen LogP contribution in [0, 0.1) is 0 Å². The Labute approximate surface area is 77.0 Å². The van der Waals surface area contributed by atoms with Crippen LogP contribution in [0.25, 0.3) is 5.82 Å². The summed E-state index contributed by atoms with van der Waals surface area (Å²) in [6.07, 6.45) is 6.43. The van der Waals surface area contributed by atoms with Crippen molar-refractivity contribution in [2.24, 2.45) is 0 Å². The Kier molecular flexibility index (Phi) is 2.08. The standard InChI is InChI=1S/C10H11N3/c1-2-9-5-3-6-11-10(9)13-8-4-7-12-13/h3-8H,2H2,1H3. The quantitative estimate of drug-likeness (QED) is 0.693. The van der Waals surface area contributed by atoms with E-state index in [0.29, 0.717) is 0 Å². The highest BCUT2D eigenvalue weighted by molar-refractivity contribution is 5.32. The molecule has 0 saturated heterocycles. The van der Waals surface area contributed by atoms with Crippen LogP contribution in [-0.2, 0) is 6.42 Å². The minimum atomic E-state index is 0.926. The maximum Gasteiger partial charge on any atom is 0.156 e. The Hall–Kier alpha value is -1.64. The number of rotatable bonds is 2. The summed E-state index contributed by atoms with van der Waals surface area (Å²) in [7, 11) is 0. The zero-order chi connectivity index (χ0) is 9.10. The lowest BCUT2D eigenvalue weighted by Crippen LogP contribution is -2.01. The van der Waals surface area contributed by atoms with E-state index in [1.54, 1.807) is 17.1 Å². The number of pyridine rings is 1. The van der Waals surface area contributed by atoms with Crippen molar-refractivity contribution in [1.82, 2.24) is 14.8 Å². The lowest BCUT2D eigenvalue weighted by atomic mass is 10.2. The summed E-state index contributed by atoms with van der Waals surface area (Å²) in [6, 6.07) is 5.92. The molecule has 2 rings (SSSR count). The van der Waals surface area contributed by atoms with E-state index in [1.807, 2.05) is 18.3 Å². The van der Waals surface area contributed by atoms with Gasteiger partial charge in [0, 0.05) is 18.6 Å². The number of aryl methyl sites for hydroxylation is 1. The monoisotopic (exact) mass is 173 g/mol. The summed E-state index contributed by atoms with van der Waals surface area (Å²) >= 11 is 0. The molecule has 3 heteroatoms. The van der Waals surface area contributed by atoms with Crippen LogP contribution in [0.1, 0.15) is 12.5 Å². The van der Waals surface area contributed by atoms with Crippen molar-refractivity contribution >= 4 is 0 Å². The Morgan fingerprint density at radius 2 is 2.23 bits per heavy atom. The molecule has 2 aromatic rings. The largest absolute Gasteiger partial charge is 0.237 e. The summed E-state index contributed by atoms with van der Waals surface area (Å²) in [6.45, 7) is 2.12. The Balaban J connectivity index is 2.51. The van der Waals surface area contributed by atoms with Crippen molar-refractivity contribution in [3.63, 3.8) is 0 Å². The van der Waals surface area contributed by atoms with Crippen molar-refractivity contribution in [3.05, 3.63) is 42.4 Å². The van der Waals surface area contributed by atoms with Crippen LogP contribution in [0.3, 0.4) is 0 Å². The van der Waals surface area contributed by atoms with Crippen LogP contribution in [-0.4, -0.2) is 14.8 Å². The van der Waals surface area contributed by atoms with Crippen molar-refractivity contribution in [1.29, 1.82) is 0 Å². The molecule has 0 saturated carbocycles. The second-order valence-corrected chi connectivity index (χ2v) is 2.79. The third kappa shape index (κ3) is 1.45. The van der Waals surface area contributed by atoms with Gasteiger partial charge in [0.25, 0.3) is 0 Å². The van der Waals surface area contributed by atoms with Gasteiger partial charge >= 0.3 is 0 Å². The second-order valence-electron chi connectivity index (χ2n) is 2.79. The first-order valence-electron chi connectivity index (χ1n) is 4.35. The Morgan fingerprint density at radius 3 is 2.92 bits per heavy atom. The van der Waals surface area contributed by atoms with Gasteiger partial charge in [-0.1, -0.05) is 13.0 Å². The number of hydrogen-bond donors (Lipinski definition) is 0. The molecule has 0 aromatic carbocycles. The topological polar surface area (TPSA) is 30.7 Å². The van der Waals surface area contributed by atoms with Crippen LogP contribution in [0.4, 0.5) is 0 Å². The molecule has 0 N–H and O–H groups in total. The molecule has 2 aromatic heterocycles. The first kappa shape index (κ1) is 7.98. The molecule has 13 heavy (non-hydrogen) atoms. The van der Waals surface area contributed by atoms with Crippen molar-refractivity contribution in [2.75, 3.05) is 0 Å². The van der Waals surface area contributed by atoms with Gasteiger partial charge < -0.3 is 0 Å². The minimum Gasteiger partial charge on any atom is -0.237 e. The zero-order valence-corrected chi connectivity index (χ0v) is 7.51. The van der Waals surface area contributed by atoms with Gasteiger partial charge in [0.15, 0.2) is 5.82 Å². The predicted octanol–water partition coefficient (Wildman–Crippen LogP) is 1.83. The molecule has 0 aliphatic carbocycles. The molecule has 0 bridgehead atoms. The van der Waals surface area contributed by atoms with Crippen LogP contribution < -0.4 is 0 Å². The smallest absolute Gasteiger partial charge is 0.156 e. The molecule has 0 aliphatic heterocycles. The average Bonchev–Trinajstić information content (AvgIpc) is 2.70. The summed E-state index contributed by atoms with van der Waals surface area (Å²) < 4.78 is 1.79. The molecule has 0 unspecified atom stereocenters. The van der Waals surface area contributed by atoms with Gasteiger partial charge in [-0.2, -0.15) is 5.10 Å². The fraction of sp³-hybridized carbons (Fsp3) is 0.200. The van der Waals surface area contributed by atoms with Gasteiger partial charge in [-0.15, -0.1) is 0 Å². The van der Waals surface area contributed by atoms with Crippen molar-refractivity contribution in [2.45, 2.75) is 13.3 Å². The summed E-state index contributed by atoms with van der Waals surface area (Å²) in [5.74, 6) is 0.926. The molecule has 0 radical (unpaired) electrons. The lowest BCUT2D eigenvalue weighted by molar-refractivity contribution is 0.828. The predicted molar refractivity (Wildman–Crippen MR) is 50.7 cm³/mol. The summed E-state index contributed by atoms with van der Waals surface area (Å²) in [4.78, 5) is 4.29. The van der Waals surface area contributed by atoms with Gasteiger partial charge in [-0.05, 0) is 24.1 Å². The van der Waals surface area contributed by atoms with Crippen LogP contribution >= 0.6 is 0 Å². The molecule has 0 fully saturated rings. The Bertz CT molecular complexity index is 379.